The molecule has 3 heterocycles. The first kappa shape index (κ1) is 18.6. The molecule has 0 spiro atoms. The maximum Gasteiger partial charge on any atom is 0.227 e. The number of anilines is 1. The van der Waals surface area contributed by atoms with Crippen LogP contribution in [0.25, 0.3) is 0 Å². The van der Waals surface area contributed by atoms with E-state index >= 15 is 0 Å². The molecule has 1 saturated heterocycles. The van der Waals surface area contributed by atoms with Crippen molar-refractivity contribution in [2.45, 2.75) is 39.2 Å². The Bertz CT molecular complexity index is 748. The Kier molecular flexibility index (Phi) is 5.71. The lowest BCUT2D eigenvalue weighted by Crippen LogP contribution is -2.54. The number of pyridine rings is 1. The average molecular weight is 374 g/mol. The van der Waals surface area contributed by atoms with Crippen LogP contribution in [-0.4, -0.2) is 51.7 Å². The lowest BCUT2D eigenvalue weighted by Gasteiger charge is -2.40. The van der Waals surface area contributed by atoms with E-state index in [1.807, 2.05) is 29.3 Å². The van der Waals surface area contributed by atoms with Crippen LogP contribution >= 0.6 is 11.6 Å². The first-order chi connectivity index (χ1) is 12.4. The second-order valence-electron chi connectivity index (χ2n) is 7.02. The Labute approximate surface area is 159 Å². The summed E-state index contributed by atoms with van der Waals surface area (Å²) in [5, 5.41) is 8.43. The number of aromatic nitrogens is 3. The van der Waals surface area contributed by atoms with Gasteiger partial charge in [0, 0.05) is 37.6 Å². The molecule has 0 radical (unpaired) electrons. The molecule has 6 nitrogen and oxygen atoms in total. The lowest BCUT2D eigenvalue weighted by molar-refractivity contribution is -0.131. The van der Waals surface area contributed by atoms with Crippen molar-refractivity contribution in [1.82, 2.24) is 20.1 Å². The summed E-state index contributed by atoms with van der Waals surface area (Å²) in [5.74, 6) is 1.32. The van der Waals surface area contributed by atoms with E-state index in [0.29, 0.717) is 30.6 Å². The number of piperazine rings is 1. The third-order valence-electron chi connectivity index (χ3n) is 4.69. The van der Waals surface area contributed by atoms with Crippen molar-refractivity contribution in [2.24, 2.45) is 0 Å². The number of amides is 1. The zero-order valence-corrected chi connectivity index (χ0v) is 16.1. The van der Waals surface area contributed by atoms with Crippen molar-refractivity contribution in [3.8, 4) is 0 Å². The van der Waals surface area contributed by atoms with E-state index in [0.717, 1.165) is 23.6 Å². The fourth-order valence-electron chi connectivity index (χ4n) is 3.16. The zero-order chi connectivity index (χ0) is 18.7. The van der Waals surface area contributed by atoms with E-state index in [4.69, 9.17) is 11.6 Å². The summed E-state index contributed by atoms with van der Waals surface area (Å²) >= 11 is 5.81. The third-order valence-corrected chi connectivity index (χ3v) is 4.89. The van der Waals surface area contributed by atoms with E-state index in [2.05, 4.69) is 40.9 Å². The Morgan fingerprint density at radius 2 is 2.04 bits per heavy atom. The van der Waals surface area contributed by atoms with E-state index < -0.39 is 0 Å². The van der Waals surface area contributed by atoms with E-state index in [1.54, 1.807) is 6.07 Å². The first-order valence-electron chi connectivity index (χ1n) is 8.92. The minimum Gasteiger partial charge on any atom is -0.349 e. The Morgan fingerprint density at radius 3 is 2.62 bits per heavy atom. The van der Waals surface area contributed by atoms with Gasteiger partial charge in [0.2, 0.25) is 5.91 Å². The van der Waals surface area contributed by atoms with Crippen LogP contribution in [-0.2, 0) is 11.2 Å². The number of carbonyl (C=O) groups is 1. The van der Waals surface area contributed by atoms with Crippen molar-refractivity contribution >= 4 is 23.3 Å². The van der Waals surface area contributed by atoms with Gasteiger partial charge in [0.15, 0.2) is 11.0 Å². The molecule has 1 aliphatic heterocycles. The molecule has 1 atom stereocenters. The molecule has 0 saturated carbocycles. The van der Waals surface area contributed by atoms with Gasteiger partial charge in [-0.1, -0.05) is 31.5 Å². The number of halogens is 1. The summed E-state index contributed by atoms with van der Waals surface area (Å²) in [6.07, 6.45) is 2.20. The summed E-state index contributed by atoms with van der Waals surface area (Å²) in [7, 11) is 0. The largest absolute Gasteiger partial charge is 0.349 e. The van der Waals surface area contributed by atoms with Crippen LogP contribution in [0.15, 0.2) is 30.5 Å². The minimum atomic E-state index is 0.137. The first-order valence-corrected chi connectivity index (χ1v) is 9.30. The summed E-state index contributed by atoms with van der Waals surface area (Å²) in [6, 6.07) is 7.79. The van der Waals surface area contributed by atoms with Crippen molar-refractivity contribution in [3.05, 3.63) is 46.9 Å². The number of rotatable bonds is 4. The van der Waals surface area contributed by atoms with Gasteiger partial charge in [-0.15, -0.1) is 10.2 Å². The molecule has 3 rings (SSSR count). The molecule has 26 heavy (non-hydrogen) atoms. The second kappa shape index (κ2) is 7.99. The van der Waals surface area contributed by atoms with Crippen LogP contribution in [0.2, 0.25) is 5.15 Å². The van der Waals surface area contributed by atoms with Gasteiger partial charge in [-0.3, -0.25) is 9.78 Å². The van der Waals surface area contributed by atoms with Crippen LogP contribution in [0.1, 0.15) is 37.9 Å². The fraction of sp³-hybridized carbons (Fsp3) is 0.474. The van der Waals surface area contributed by atoms with Gasteiger partial charge in [0.25, 0.3) is 0 Å². The van der Waals surface area contributed by atoms with Crippen molar-refractivity contribution in [2.75, 3.05) is 24.5 Å². The lowest BCUT2D eigenvalue weighted by atomic mass is 10.1. The van der Waals surface area contributed by atoms with Crippen LogP contribution in [0.5, 0.6) is 0 Å². The molecule has 0 N–H and O–H groups in total. The summed E-state index contributed by atoms with van der Waals surface area (Å²) in [5.41, 5.74) is 2.01. The monoisotopic (exact) mass is 373 g/mol. The number of nitrogens with zero attached hydrogens (tertiary/aromatic N) is 5. The maximum absolute atomic E-state index is 12.7. The second-order valence-corrected chi connectivity index (χ2v) is 7.41. The molecule has 1 aliphatic rings. The maximum atomic E-state index is 12.7. The van der Waals surface area contributed by atoms with Gasteiger partial charge in [-0.25, -0.2) is 0 Å². The molecular formula is C19H24ClN5O. The molecule has 2 aromatic heterocycles. The predicted octanol–water partition coefficient (Wildman–Crippen LogP) is 2.93. The smallest absolute Gasteiger partial charge is 0.227 e. The minimum absolute atomic E-state index is 0.137. The highest BCUT2D eigenvalue weighted by molar-refractivity contribution is 6.29. The molecule has 0 bridgehead atoms. The molecule has 1 amide bonds. The van der Waals surface area contributed by atoms with Gasteiger partial charge < -0.3 is 9.80 Å². The fourth-order valence-corrected chi connectivity index (χ4v) is 3.26. The SMILES string of the molecule is CC(C)c1ccc(CC(=O)N2CCN(c3ccc(Cl)nn3)[C@@H](C)C2)cn1. The number of hydrogen-bond donors (Lipinski definition) is 0. The molecule has 0 aliphatic carbocycles. The van der Waals surface area contributed by atoms with Gasteiger partial charge in [0.1, 0.15) is 0 Å². The summed E-state index contributed by atoms with van der Waals surface area (Å²) in [6.45, 7) is 8.38. The quantitative estimate of drug-likeness (QED) is 0.824. The standard InChI is InChI=1S/C19H24ClN5O/c1-13(2)16-5-4-15(11-21-16)10-19(26)24-8-9-25(14(3)12-24)18-7-6-17(20)22-23-18/h4-7,11,13-14H,8-10,12H2,1-3H3/t14-/m0/s1. The van der Waals surface area contributed by atoms with Crippen LogP contribution < -0.4 is 4.90 Å². The Balaban J connectivity index is 1.59. The molecule has 7 heteroatoms. The highest BCUT2D eigenvalue weighted by atomic mass is 35.5. The topological polar surface area (TPSA) is 62.2 Å². The van der Waals surface area contributed by atoms with Crippen molar-refractivity contribution in [1.29, 1.82) is 0 Å². The highest BCUT2D eigenvalue weighted by Gasteiger charge is 2.27. The van der Waals surface area contributed by atoms with Crippen molar-refractivity contribution in [3.63, 3.8) is 0 Å². The zero-order valence-electron chi connectivity index (χ0n) is 15.4. The molecule has 2 aromatic rings. The molecule has 0 unspecified atom stereocenters. The van der Waals surface area contributed by atoms with Crippen LogP contribution in [0.3, 0.4) is 0 Å². The average Bonchev–Trinajstić information content (AvgIpc) is 2.63. The molecule has 0 aromatic carbocycles. The predicted molar refractivity (Wildman–Crippen MR) is 102 cm³/mol. The number of hydrogen-bond acceptors (Lipinski definition) is 5. The summed E-state index contributed by atoms with van der Waals surface area (Å²) in [4.78, 5) is 21.2. The van der Waals surface area contributed by atoms with Gasteiger partial charge in [-0.2, -0.15) is 0 Å². The van der Waals surface area contributed by atoms with Crippen molar-refractivity contribution < 1.29 is 4.79 Å². The third kappa shape index (κ3) is 4.30. The molecule has 1 fully saturated rings. The van der Waals surface area contributed by atoms with E-state index in [9.17, 15) is 4.79 Å². The van der Waals surface area contributed by atoms with Crippen LogP contribution in [0, 0.1) is 0 Å². The molecular weight excluding hydrogens is 350 g/mol. The normalized spacial score (nSPS) is 17.7. The number of carbonyl (C=O) groups excluding carboxylic acids is 1. The van der Waals surface area contributed by atoms with Crippen LogP contribution in [0.4, 0.5) is 5.82 Å². The van der Waals surface area contributed by atoms with Gasteiger partial charge >= 0.3 is 0 Å². The Morgan fingerprint density at radius 1 is 1.23 bits per heavy atom. The van der Waals surface area contributed by atoms with E-state index in [1.165, 1.54) is 0 Å². The van der Waals surface area contributed by atoms with Gasteiger partial charge in [-0.05, 0) is 36.6 Å². The summed E-state index contributed by atoms with van der Waals surface area (Å²) < 4.78 is 0. The van der Waals surface area contributed by atoms with Gasteiger partial charge in [0.05, 0.1) is 6.42 Å². The van der Waals surface area contributed by atoms with E-state index in [-0.39, 0.29) is 11.9 Å². The Hall–Kier alpha value is -2.21. The highest BCUT2D eigenvalue weighted by Crippen LogP contribution is 2.19. The molecule has 138 valence electrons.